The van der Waals surface area contributed by atoms with E-state index in [1.54, 1.807) is 19.1 Å². The lowest BCUT2D eigenvalue weighted by molar-refractivity contribution is -0.122. The molecule has 0 aliphatic heterocycles. The fourth-order valence-corrected chi connectivity index (χ4v) is 3.96. The Morgan fingerprint density at radius 3 is 2.52 bits per heavy atom. The minimum absolute atomic E-state index is 0.109. The summed E-state index contributed by atoms with van der Waals surface area (Å²) in [6.07, 6.45) is 2.11. The van der Waals surface area contributed by atoms with Crippen molar-refractivity contribution in [3.05, 3.63) is 53.4 Å². The largest absolute Gasteiger partial charge is 0.467 e. The number of amides is 1. The van der Waals surface area contributed by atoms with Crippen LogP contribution < -0.4 is 5.32 Å². The molecule has 6 nitrogen and oxygen atoms in total. The van der Waals surface area contributed by atoms with Gasteiger partial charge in [0.2, 0.25) is 15.9 Å². The SMILES string of the molecule is CCCN(CC(=O)NC(C)c1ccco1)S(=O)(=O)c1ccc(Cl)cc1. The highest BCUT2D eigenvalue weighted by atomic mass is 35.5. The Morgan fingerprint density at radius 1 is 1.28 bits per heavy atom. The molecule has 0 aliphatic rings. The number of nitrogens with one attached hydrogen (secondary N) is 1. The van der Waals surface area contributed by atoms with Crippen molar-refractivity contribution < 1.29 is 17.6 Å². The van der Waals surface area contributed by atoms with E-state index in [-0.39, 0.29) is 24.0 Å². The molecule has 1 heterocycles. The summed E-state index contributed by atoms with van der Waals surface area (Å²) in [4.78, 5) is 12.4. The van der Waals surface area contributed by atoms with Gasteiger partial charge in [-0.3, -0.25) is 4.79 Å². The van der Waals surface area contributed by atoms with Crippen molar-refractivity contribution in [2.45, 2.75) is 31.2 Å². The molecule has 8 heteroatoms. The van der Waals surface area contributed by atoms with Gasteiger partial charge in [0.1, 0.15) is 5.76 Å². The van der Waals surface area contributed by atoms with Gasteiger partial charge in [-0.2, -0.15) is 4.31 Å². The molecule has 2 rings (SSSR count). The smallest absolute Gasteiger partial charge is 0.243 e. The van der Waals surface area contributed by atoms with Crippen molar-refractivity contribution in [1.29, 1.82) is 0 Å². The molecule has 0 saturated carbocycles. The lowest BCUT2D eigenvalue weighted by Crippen LogP contribution is -2.41. The minimum atomic E-state index is -3.77. The molecule has 136 valence electrons. The normalized spacial score (nSPS) is 13.0. The van der Waals surface area contributed by atoms with E-state index in [2.05, 4.69) is 5.32 Å². The number of hydrogen-bond acceptors (Lipinski definition) is 4. The number of furan rings is 1. The Bertz CT molecular complexity index is 789. The quantitative estimate of drug-likeness (QED) is 0.757. The van der Waals surface area contributed by atoms with Crippen LogP contribution in [0.2, 0.25) is 5.02 Å². The van der Waals surface area contributed by atoms with Crippen LogP contribution in [0.3, 0.4) is 0 Å². The third-order valence-electron chi connectivity index (χ3n) is 3.59. The Balaban J connectivity index is 2.11. The first kappa shape index (κ1) is 19.5. The summed E-state index contributed by atoms with van der Waals surface area (Å²) in [5.41, 5.74) is 0. The van der Waals surface area contributed by atoms with Gasteiger partial charge in [-0.05, 0) is 49.7 Å². The van der Waals surface area contributed by atoms with Crippen LogP contribution in [-0.2, 0) is 14.8 Å². The zero-order valence-electron chi connectivity index (χ0n) is 14.1. The Hall–Kier alpha value is -1.83. The molecule has 25 heavy (non-hydrogen) atoms. The van der Waals surface area contributed by atoms with Crippen molar-refractivity contribution in [2.24, 2.45) is 0 Å². The molecule has 0 bridgehead atoms. The van der Waals surface area contributed by atoms with Gasteiger partial charge in [-0.25, -0.2) is 8.42 Å². The number of halogens is 1. The molecule has 0 radical (unpaired) electrons. The number of hydrogen-bond donors (Lipinski definition) is 1. The predicted octanol–water partition coefficient (Wildman–Crippen LogP) is 3.21. The predicted molar refractivity (Wildman–Crippen MR) is 95.8 cm³/mol. The molecule has 1 amide bonds. The zero-order chi connectivity index (χ0) is 18.4. The van der Waals surface area contributed by atoms with Gasteiger partial charge in [0.25, 0.3) is 0 Å². The molecular weight excluding hydrogens is 364 g/mol. The second kappa shape index (κ2) is 8.51. The first-order valence-corrected chi connectivity index (χ1v) is 9.75. The summed E-state index contributed by atoms with van der Waals surface area (Å²) in [7, 11) is -3.77. The Kier molecular flexibility index (Phi) is 6.64. The van der Waals surface area contributed by atoms with Crippen molar-refractivity contribution in [2.75, 3.05) is 13.1 Å². The van der Waals surface area contributed by atoms with Gasteiger partial charge < -0.3 is 9.73 Å². The molecule has 2 aromatic rings. The standard InChI is InChI=1S/C17H21ClN2O4S/c1-3-10-20(25(22,23)15-8-6-14(18)7-9-15)12-17(21)19-13(2)16-5-4-11-24-16/h4-9,11,13H,3,10,12H2,1-2H3,(H,19,21). The summed E-state index contributed by atoms with van der Waals surface area (Å²) in [6.45, 7) is 3.61. The molecule has 1 aromatic heterocycles. The minimum Gasteiger partial charge on any atom is -0.467 e. The van der Waals surface area contributed by atoms with Crippen LogP contribution in [-0.4, -0.2) is 31.7 Å². The maximum atomic E-state index is 12.8. The van der Waals surface area contributed by atoms with Crippen molar-refractivity contribution in [1.82, 2.24) is 9.62 Å². The summed E-state index contributed by atoms with van der Waals surface area (Å²) in [5.74, 6) is 0.214. The molecular formula is C17H21ClN2O4S. The summed E-state index contributed by atoms with van der Waals surface area (Å²) in [6, 6.07) is 9.03. The van der Waals surface area contributed by atoms with Crippen LogP contribution in [0.1, 0.15) is 32.1 Å². The molecule has 1 atom stereocenters. The lowest BCUT2D eigenvalue weighted by atomic mass is 10.2. The first-order valence-electron chi connectivity index (χ1n) is 7.93. The maximum Gasteiger partial charge on any atom is 0.243 e. The van der Waals surface area contributed by atoms with Gasteiger partial charge in [0.05, 0.1) is 23.7 Å². The molecule has 0 fully saturated rings. The average Bonchev–Trinajstić information content (AvgIpc) is 3.09. The van der Waals surface area contributed by atoms with Crippen LogP contribution in [0.25, 0.3) is 0 Å². The number of carbonyl (C=O) groups is 1. The maximum absolute atomic E-state index is 12.8. The van der Waals surface area contributed by atoms with E-state index in [4.69, 9.17) is 16.0 Å². The highest BCUT2D eigenvalue weighted by molar-refractivity contribution is 7.89. The van der Waals surface area contributed by atoms with E-state index >= 15 is 0 Å². The Morgan fingerprint density at radius 2 is 1.96 bits per heavy atom. The monoisotopic (exact) mass is 384 g/mol. The van der Waals surface area contributed by atoms with E-state index in [1.165, 1.54) is 34.8 Å². The van der Waals surface area contributed by atoms with Crippen molar-refractivity contribution >= 4 is 27.5 Å². The van der Waals surface area contributed by atoms with E-state index < -0.39 is 15.9 Å². The zero-order valence-corrected chi connectivity index (χ0v) is 15.7. The van der Waals surface area contributed by atoms with Gasteiger partial charge in [-0.1, -0.05) is 18.5 Å². The Labute approximate surface area is 152 Å². The van der Waals surface area contributed by atoms with E-state index in [9.17, 15) is 13.2 Å². The first-order chi connectivity index (χ1) is 11.8. The van der Waals surface area contributed by atoms with E-state index in [1.807, 2.05) is 6.92 Å². The average molecular weight is 385 g/mol. The number of sulfonamides is 1. The number of rotatable bonds is 8. The van der Waals surface area contributed by atoms with Gasteiger partial charge in [0, 0.05) is 11.6 Å². The van der Waals surface area contributed by atoms with Gasteiger partial charge >= 0.3 is 0 Å². The van der Waals surface area contributed by atoms with Gasteiger partial charge in [0.15, 0.2) is 0 Å². The topological polar surface area (TPSA) is 79.6 Å². The number of nitrogens with zero attached hydrogens (tertiary/aromatic N) is 1. The summed E-state index contributed by atoms with van der Waals surface area (Å²) < 4.78 is 31.9. The second-order valence-corrected chi connectivity index (χ2v) is 7.97. The van der Waals surface area contributed by atoms with E-state index in [0.29, 0.717) is 17.2 Å². The highest BCUT2D eigenvalue weighted by Crippen LogP contribution is 2.19. The van der Waals surface area contributed by atoms with Crippen molar-refractivity contribution in [3.8, 4) is 0 Å². The molecule has 0 saturated heterocycles. The van der Waals surface area contributed by atoms with Crippen LogP contribution in [0.15, 0.2) is 52.0 Å². The highest BCUT2D eigenvalue weighted by Gasteiger charge is 2.26. The number of carbonyl (C=O) groups excluding carboxylic acids is 1. The molecule has 1 N–H and O–H groups in total. The van der Waals surface area contributed by atoms with Crippen LogP contribution in [0.4, 0.5) is 0 Å². The summed E-state index contributed by atoms with van der Waals surface area (Å²) in [5, 5.41) is 3.19. The third-order valence-corrected chi connectivity index (χ3v) is 5.70. The molecule has 0 spiro atoms. The van der Waals surface area contributed by atoms with Crippen LogP contribution in [0, 0.1) is 0 Å². The fourth-order valence-electron chi connectivity index (χ4n) is 2.35. The van der Waals surface area contributed by atoms with Crippen molar-refractivity contribution in [3.63, 3.8) is 0 Å². The second-order valence-electron chi connectivity index (χ2n) is 5.60. The molecule has 1 aromatic carbocycles. The molecule has 1 unspecified atom stereocenters. The lowest BCUT2D eigenvalue weighted by Gasteiger charge is -2.22. The third kappa shape index (κ3) is 5.07. The van der Waals surface area contributed by atoms with Crippen LogP contribution in [0.5, 0.6) is 0 Å². The number of benzene rings is 1. The summed E-state index contributed by atoms with van der Waals surface area (Å²) >= 11 is 5.81. The molecule has 0 aliphatic carbocycles. The van der Waals surface area contributed by atoms with Crippen LogP contribution >= 0.6 is 11.6 Å². The van der Waals surface area contributed by atoms with E-state index in [0.717, 1.165) is 0 Å². The fraction of sp³-hybridized carbons (Fsp3) is 0.353. The van der Waals surface area contributed by atoms with Gasteiger partial charge in [-0.15, -0.1) is 0 Å².